The van der Waals surface area contributed by atoms with Crippen LogP contribution in [-0.2, 0) is 12.4 Å². The molecule has 122 valence electrons. The highest BCUT2D eigenvalue weighted by Gasteiger charge is 2.37. The average molecular weight is 371 g/mol. The van der Waals surface area contributed by atoms with Crippen LogP contribution >= 0.6 is 22.9 Å². The average Bonchev–Trinajstić information content (AvgIpc) is 2.71. The van der Waals surface area contributed by atoms with Gasteiger partial charge in [0.25, 0.3) is 0 Å². The largest absolute Gasteiger partial charge is 0.507 e. The van der Waals surface area contributed by atoms with Gasteiger partial charge in [-0.1, -0.05) is 17.7 Å². The minimum absolute atomic E-state index is 0.00669. The third-order valence-corrected chi connectivity index (χ3v) is 4.80. The van der Waals surface area contributed by atoms with E-state index in [-0.39, 0.29) is 20.2 Å². The highest BCUT2D eigenvalue weighted by molar-refractivity contribution is 7.26. The van der Waals surface area contributed by atoms with Crippen LogP contribution in [0.25, 0.3) is 20.2 Å². The molecule has 1 N–H and O–H groups in total. The molecular weight excluding hydrogens is 366 g/mol. The molecule has 1 aromatic heterocycles. The quantitative estimate of drug-likeness (QED) is 0.451. The topological polar surface area (TPSA) is 20.2 Å². The number of hydrogen-bond acceptors (Lipinski definition) is 2. The zero-order chi connectivity index (χ0) is 17.2. The molecule has 0 atom stereocenters. The normalized spacial score (nSPS) is 13.2. The van der Waals surface area contributed by atoms with Gasteiger partial charge in [-0.25, -0.2) is 0 Å². The number of halogens is 7. The van der Waals surface area contributed by atoms with Crippen molar-refractivity contribution in [2.75, 3.05) is 0 Å². The summed E-state index contributed by atoms with van der Waals surface area (Å²) in [6.07, 6.45) is -9.56. The van der Waals surface area contributed by atoms with Crippen LogP contribution in [-0.4, -0.2) is 5.11 Å². The highest BCUT2D eigenvalue weighted by atomic mass is 35.5. The van der Waals surface area contributed by atoms with Crippen LogP contribution in [0.15, 0.2) is 24.3 Å². The minimum Gasteiger partial charge on any atom is -0.507 e. The van der Waals surface area contributed by atoms with Crippen molar-refractivity contribution < 1.29 is 31.4 Å². The van der Waals surface area contributed by atoms with Crippen molar-refractivity contribution in [1.82, 2.24) is 0 Å². The van der Waals surface area contributed by atoms with Crippen molar-refractivity contribution in [3.63, 3.8) is 0 Å². The maximum atomic E-state index is 13.1. The Kier molecular flexibility index (Phi) is 3.46. The molecule has 2 aromatic carbocycles. The summed E-state index contributed by atoms with van der Waals surface area (Å²) in [6.45, 7) is 0. The summed E-state index contributed by atoms with van der Waals surface area (Å²) in [5, 5.41) is 8.95. The lowest BCUT2D eigenvalue weighted by Crippen LogP contribution is -2.06. The van der Waals surface area contributed by atoms with E-state index in [1.165, 1.54) is 6.07 Å². The Morgan fingerprint density at radius 1 is 0.913 bits per heavy atom. The fraction of sp³-hybridized carbons (Fsp3) is 0.143. The summed E-state index contributed by atoms with van der Waals surface area (Å²) in [6, 6.07) is 3.70. The standard InChI is InChI=1S/C14H5ClF6OS/c15-8-2-1-5-6-3-7(13(16,17)18)9(22)4-10(6)23-12(5)11(8)14(19,20)21/h1-4,22H. The molecule has 0 amide bonds. The van der Waals surface area contributed by atoms with Crippen LogP contribution in [0.4, 0.5) is 26.3 Å². The van der Waals surface area contributed by atoms with Gasteiger partial charge in [-0.3, -0.25) is 0 Å². The summed E-state index contributed by atoms with van der Waals surface area (Å²) >= 11 is 6.24. The molecule has 9 heteroatoms. The van der Waals surface area contributed by atoms with Crippen molar-refractivity contribution in [2.45, 2.75) is 12.4 Å². The number of phenolic OH excluding ortho intramolecular Hbond substituents is 1. The molecule has 0 bridgehead atoms. The molecule has 0 radical (unpaired) electrons. The molecule has 0 aliphatic carbocycles. The van der Waals surface area contributed by atoms with Crippen LogP contribution in [0.1, 0.15) is 11.1 Å². The van der Waals surface area contributed by atoms with Crippen LogP contribution in [0.2, 0.25) is 5.02 Å². The van der Waals surface area contributed by atoms with Gasteiger partial charge in [0, 0.05) is 20.2 Å². The Bertz CT molecular complexity index is 925. The van der Waals surface area contributed by atoms with Gasteiger partial charge in [-0.05, 0) is 18.2 Å². The van der Waals surface area contributed by atoms with E-state index in [4.69, 9.17) is 11.6 Å². The van der Waals surface area contributed by atoms with Gasteiger partial charge in [-0.2, -0.15) is 26.3 Å². The molecular formula is C14H5ClF6OS. The van der Waals surface area contributed by atoms with Gasteiger partial charge < -0.3 is 5.11 Å². The monoisotopic (exact) mass is 370 g/mol. The lowest BCUT2D eigenvalue weighted by molar-refractivity contribution is -0.138. The number of rotatable bonds is 0. The maximum absolute atomic E-state index is 13.1. The summed E-state index contributed by atoms with van der Waals surface area (Å²) in [5.74, 6) is -1.03. The Hall–Kier alpha value is -1.67. The second-order valence-corrected chi connectivity index (χ2v) is 6.22. The van der Waals surface area contributed by atoms with Crippen LogP contribution in [0.3, 0.4) is 0 Å². The molecule has 3 rings (SSSR count). The van der Waals surface area contributed by atoms with E-state index in [0.717, 1.165) is 12.1 Å². The van der Waals surface area contributed by atoms with E-state index >= 15 is 0 Å². The first-order valence-electron chi connectivity index (χ1n) is 6.02. The molecule has 0 unspecified atom stereocenters. The number of alkyl halides is 6. The van der Waals surface area contributed by atoms with Gasteiger partial charge in [0.1, 0.15) is 5.75 Å². The molecule has 0 aliphatic rings. The van der Waals surface area contributed by atoms with Crippen LogP contribution < -0.4 is 0 Å². The number of hydrogen-bond donors (Lipinski definition) is 1. The molecule has 0 spiro atoms. The lowest BCUT2D eigenvalue weighted by Gasteiger charge is -2.10. The molecule has 1 heterocycles. The minimum atomic E-state index is -4.81. The first-order valence-corrected chi connectivity index (χ1v) is 7.21. The van der Waals surface area contributed by atoms with E-state index < -0.39 is 34.3 Å². The second-order valence-electron chi connectivity index (χ2n) is 4.76. The predicted octanol–water partition coefficient (Wildman–Crippen LogP) is 6.45. The molecule has 23 heavy (non-hydrogen) atoms. The molecule has 1 nitrogen and oxygen atoms in total. The molecule has 0 aliphatic heterocycles. The molecule has 0 fully saturated rings. The van der Waals surface area contributed by atoms with Gasteiger partial charge in [0.05, 0.1) is 16.1 Å². The number of thiophene rings is 1. The van der Waals surface area contributed by atoms with Gasteiger partial charge in [0.15, 0.2) is 0 Å². The van der Waals surface area contributed by atoms with Crippen molar-refractivity contribution in [2.24, 2.45) is 0 Å². The smallest absolute Gasteiger partial charge is 0.419 e. The van der Waals surface area contributed by atoms with Crippen molar-refractivity contribution in [3.8, 4) is 5.75 Å². The van der Waals surface area contributed by atoms with E-state index in [1.807, 2.05) is 0 Å². The van der Waals surface area contributed by atoms with Gasteiger partial charge in [-0.15, -0.1) is 11.3 Å². The highest BCUT2D eigenvalue weighted by Crippen LogP contribution is 2.48. The zero-order valence-corrected chi connectivity index (χ0v) is 12.4. The number of aromatic hydroxyl groups is 1. The third-order valence-electron chi connectivity index (χ3n) is 3.30. The summed E-state index contributed by atoms with van der Waals surface area (Å²) in [5.41, 5.74) is -2.39. The fourth-order valence-corrected chi connectivity index (χ4v) is 3.95. The van der Waals surface area contributed by atoms with Crippen LogP contribution in [0.5, 0.6) is 5.75 Å². The first-order chi connectivity index (χ1) is 10.5. The van der Waals surface area contributed by atoms with Crippen molar-refractivity contribution >= 4 is 43.1 Å². The van der Waals surface area contributed by atoms with Crippen molar-refractivity contribution in [3.05, 3.63) is 40.4 Å². The third kappa shape index (κ3) is 2.59. The molecule has 0 saturated heterocycles. The fourth-order valence-electron chi connectivity index (χ4n) is 2.34. The Morgan fingerprint density at radius 2 is 1.57 bits per heavy atom. The Balaban J connectivity index is 2.45. The molecule has 3 aromatic rings. The lowest BCUT2D eigenvalue weighted by atomic mass is 10.1. The second kappa shape index (κ2) is 4.91. The number of phenols is 1. The van der Waals surface area contributed by atoms with E-state index in [9.17, 15) is 31.4 Å². The summed E-state index contributed by atoms with van der Waals surface area (Å²) in [4.78, 5) is 0. The SMILES string of the molecule is Oc1cc2sc3c(C(F)(F)F)c(Cl)ccc3c2cc1C(F)(F)F. The van der Waals surface area contributed by atoms with Crippen LogP contribution in [0, 0.1) is 0 Å². The summed E-state index contributed by atoms with van der Waals surface area (Å²) in [7, 11) is 0. The summed E-state index contributed by atoms with van der Waals surface area (Å²) < 4.78 is 77.9. The first kappa shape index (κ1) is 16.2. The van der Waals surface area contributed by atoms with Crippen molar-refractivity contribution in [1.29, 1.82) is 0 Å². The predicted molar refractivity (Wildman–Crippen MR) is 76.0 cm³/mol. The maximum Gasteiger partial charge on any atom is 0.419 e. The zero-order valence-electron chi connectivity index (χ0n) is 10.8. The van der Waals surface area contributed by atoms with E-state index in [0.29, 0.717) is 17.4 Å². The van der Waals surface area contributed by atoms with Gasteiger partial charge >= 0.3 is 12.4 Å². The van der Waals surface area contributed by atoms with Gasteiger partial charge in [0.2, 0.25) is 0 Å². The number of fused-ring (bicyclic) bond motifs is 3. The molecule has 0 saturated carbocycles. The Labute approximate surface area is 133 Å². The van der Waals surface area contributed by atoms with E-state index in [2.05, 4.69) is 0 Å². The van der Waals surface area contributed by atoms with E-state index in [1.54, 1.807) is 0 Å². The number of benzene rings is 2. The Morgan fingerprint density at radius 3 is 2.13 bits per heavy atom.